The summed E-state index contributed by atoms with van der Waals surface area (Å²) < 4.78 is 0. The normalized spacial score (nSPS) is 44.5. The fraction of sp³-hybridized carbons (Fsp3) is 0.739. The maximum atomic E-state index is 2.74. The predicted molar refractivity (Wildman–Crippen MR) is 95.1 cm³/mol. The molecule has 0 aromatic heterocycles. The Morgan fingerprint density at radius 3 is 0.913 bits per heavy atom. The van der Waals surface area contributed by atoms with Crippen LogP contribution in [0.2, 0.25) is 0 Å². The SMILES string of the molecule is CC12C3C4=C(CCCC4)C1C1=C(CCCC1)C2C1=C3CCCC1. The Morgan fingerprint density at radius 2 is 0.696 bits per heavy atom. The molecule has 0 aliphatic heterocycles. The molecule has 0 radical (unpaired) electrons. The Hall–Kier alpha value is -0.780. The number of hydrogen-bond acceptors (Lipinski definition) is 0. The van der Waals surface area contributed by atoms with Gasteiger partial charge in [-0.25, -0.2) is 0 Å². The van der Waals surface area contributed by atoms with E-state index in [2.05, 4.69) is 6.92 Å². The molecule has 0 aromatic rings. The molecule has 6 rings (SSSR count). The zero-order valence-corrected chi connectivity index (χ0v) is 14.7. The quantitative estimate of drug-likeness (QED) is 0.448. The molecule has 23 heavy (non-hydrogen) atoms. The highest BCUT2D eigenvalue weighted by molar-refractivity contribution is 5.59. The van der Waals surface area contributed by atoms with E-state index in [0.717, 1.165) is 17.8 Å². The van der Waals surface area contributed by atoms with Crippen LogP contribution in [0.5, 0.6) is 0 Å². The van der Waals surface area contributed by atoms with Crippen molar-refractivity contribution >= 4 is 0 Å². The van der Waals surface area contributed by atoms with Crippen molar-refractivity contribution in [3.8, 4) is 0 Å². The molecule has 0 nitrogen and oxygen atoms in total. The van der Waals surface area contributed by atoms with Gasteiger partial charge in [0.2, 0.25) is 0 Å². The Bertz CT molecular complexity index is 542. The molecular formula is C23H30. The van der Waals surface area contributed by atoms with Crippen LogP contribution >= 0.6 is 0 Å². The Morgan fingerprint density at radius 1 is 0.478 bits per heavy atom. The number of rotatable bonds is 0. The lowest BCUT2D eigenvalue weighted by Gasteiger charge is -2.35. The van der Waals surface area contributed by atoms with Crippen molar-refractivity contribution in [2.75, 3.05) is 0 Å². The van der Waals surface area contributed by atoms with Crippen molar-refractivity contribution in [2.24, 2.45) is 23.2 Å². The first kappa shape index (κ1) is 13.5. The summed E-state index contributed by atoms with van der Waals surface area (Å²) in [4.78, 5) is 0. The summed E-state index contributed by atoms with van der Waals surface area (Å²) in [7, 11) is 0. The van der Waals surface area contributed by atoms with Crippen LogP contribution in [0.3, 0.4) is 0 Å². The van der Waals surface area contributed by atoms with Gasteiger partial charge in [0.25, 0.3) is 0 Å². The number of allylic oxidation sites excluding steroid dienone is 6. The molecule has 0 fully saturated rings. The van der Waals surface area contributed by atoms with Gasteiger partial charge >= 0.3 is 0 Å². The molecule has 6 aliphatic rings. The smallest absolute Gasteiger partial charge is 0.00843 e. The lowest BCUT2D eigenvalue weighted by atomic mass is 9.67. The van der Waals surface area contributed by atoms with Gasteiger partial charge in [0, 0.05) is 17.8 Å². The van der Waals surface area contributed by atoms with Crippen LogP contribution in [-0.4, -0.2) is 0 Å². The molecular weight excluding hydrogens is 276 g/mol. The number of fused-ring (bicyclic) bond motifs is 6. The Kier molecular flexibility index (Phi) is 2.60. The fourth-order valence-corrected chi connectivity index (χ4v) is 8.22. The van der Waals surface area contributed by atoms with Crippen LogP contribution in [0.1, 0.15) is 84.0 Å². The first-order valence-corrected chi connectivity index (χ1v) is 10.5. The first-order valence-electron chi connectivity index (χ1n) is 10.5. The molecule has 0 bridgehead atoms. The first-order chi connectivity index (χ1) is 11.3. The summed E-state index contributed by atoms with van der Waals surface area (Å²) in [5, 5.41) is 0. The minimum Gasteiger partial charge on any atom is -0.0626 e. The Labute approximate surface area is 141 Å². The summed E-state index contributed by atoms with van der Waals surface area (Å²) in [5.74, 6) is 2.65. The second-order valence-electron chi connectivity index (χ2n) is 9.44. The third-order valence-electron chi connectivity index (χ3n) is 8.62. The van der Waals surface area contributed by atoms with E-state index < -0.39 is 0 Å². The third kappa shape index (κ3) is 1.42. The highest BCUT2D eigenvalue weighted by Crippen LogP contribution is 2.75. The van der Waals surface area contributed by atoms with Crippen molar-refractivity contribution in [3.63, 3.8) is 0 Å². The van der Waals surface area contributed by atoms with Crippen LogP contribution in [0, 0.1) is 23.2 Å². The van der Waals surface area contributed by atoms with Crippen LogP contribution in [0.15, 0.2) is 33.4 Å². The molecule has 0 heteroatoms. The average molecular weight is 306 g/mol. The van der Waals surface area contributed by atoms with Crippen molar-refractivity contribution in [2.45, 2.75) is 84.0 Å². The van der Waals surface area contributed by atoms with Crippen molar-refractivity contribution < 1.29 is 0 Å². The maximum absolute atomic E-state index is 2.74. The third-order valence-corrected chi connectivity index (χ3v) is 8.62. The van der Waals surface area contributed by atoms with Crippen molar-refractivity contribution in [1.29, 1.82) is 0 Å². The number of hydrogen-bond donors (Lipinski definition) is 0. The van der Waals surface area contributed by atoms with E-state index in [1.54, 1.807) is 0 Å². The van der Waals surface area contributed by atoms with E-state index in [0.29, 0.717) is 5.41 Å². The zero-order valence-electron chi connectivity index (χ0n) is 14.7. The van der Waals surface area contributed by atoms with E-state index in [-0.39, 0.29) is 0 Å². The molecule has 0 spiro atoms. The fourth-order valence-electron chi connectivity index (χ4n) is 8.22. The molecule has 122 valence electrons. The lowest BCUT2D eigenvalue weighted by molar-refractivity contribution is 0.200. The van der Waals surface area contributed by atoms with E-state index in [1.165, 1.54) is 77.0 Å². The summed E-state index contributed by atoms with van der Waals surface area (Å²) in [6.07, 6.45) is 17.5. The maximum Gasteiger partial charge on any atom is 0.00843 e. The van der Waals surface area contributed by atoms with Gasteiger partial charge in [-0.3, -0.25) is 0 Å². The van der Waals surface area contributed by atoms with E-state index in [9.17, 15) is 0 Å². The molecule has 0 aromatic carbocycles. The van der Waals surface area contributed by atoms with E-state index in [4.69, 9.17) is 0 Å². The van der Waals surface area contributed by atoms with Crippen molar-refractivity contribution in [1.82, 2.24) is 0 Å². The van der Waals surface area contributed by atoms with Crippen LogP contribution < -0.4 is 0 Å². The lowest BCUT2D eigenvalue weighted by Crippen LogP contribution is -2.31. The summed E-state index contributed by atoms with van der Waals surface area (Å²) in [5.41, 5.74) is 12.4. The van der Waals surface area contributed by atoms with E-state index in [1.807, 2.05) is 33.4 Å². The van der Waals surface area contributed by atoms with Gasteiger partial charge in [0.1, 0.15) is 0 Å². The molecule has 0 unspecified atom stereocenters. The molecule has 0 saturated heterocycles. The second kappa shape index (κ2) is 4.44. The second-order valence-corrected chi connectivity index (χ2v) is 9.44. The zero-order chi connectivity index (χ0) is 15.2. The van der Waals surface area contributed by atoms with Crippen LogP contribution in [-0.2, 0) is 0 Å². The monoisotopic (exact) mass is 306 g/mol. The molecule has 6 aliphatic carbocycles. The van der Waals surface area contributed by atoms with Crippen LogP contribution in [0.25, 0.3) is 0 Å². The Balaban J connectivity index is 1.63. The summed E-state index contributed by atoms with van der Waals surface area (Å²) >= 11 is 0. The molecule has 0 saturated carbocycles. The molecule has 0 heterocycles. The molecule has 0 N–H and O–H groups in total. The van der Waals surface area contributed by atoms with E-state index >= 15 is 0 Å². The predicted octanol–water partition coefficient (Wildman–Crippen LogP) is 6.49. The topological polar surface area (TPSA) is 0 Å². The standard InChI is InChI=1S/C23H30/c1-23-20-14-8-2-3-9-15(14)21(23)18-12-6-7-13-19(18)22(23)17-11-5-4-10-16(17)20/h20-22H,2-13H2,1H3. The van der Waals surface area contributed by atoms with Gasteiger partial charge in [-0.2, -0.15) is 0 Å². The minimum absolute atomic E-state index is 0.568. The van der Waals surface area contributed by atoms with Gasteiger partial charge in [0.15, 0.2) is 0 Å². The van der Waals surface area contributed by atoms with Crippen LogP contribution in [0.4, 0.5) is 0 Å². The van der Waals surface area contributed by atoms with Gasteiger partial charge < -0.3 is 0 Å². The average Bonchev–Trinajstić information content (AvgIpc) is 3.11. The van der Waals surface area contributed by atoms with Gasteiger partial charge in [0.05, 0.1) is 0 Å². The minimum atomic E-state index is 0.568. The van der Waals surface area contributed by atoms with Gasteiger partial charge in [-0.1, -0.05) is 40.4 Å². The molecule has 0 amide bonds. The summed E-state index contributed by atoms with van der Waals surface area (Å²) in [6.45, 7) is 2.74. The largest absolute Gasteiger partial charge is 0.0626 e. The van der Waals surface area contributed by atoms with Gasteiger partial charge in [-0.15, -0.1) is 0 Å². The molecule has 0 atom stereocenters. The van der Waals surface area contributed by atoms with Crippen molar-refractivity contribution in [3.05, 3.63) is 33.4 Å². The highest BCUT2D eigenvalue weighted by Gasteiger charge is 2.66. The highest BCUT2D eigenvalue weighted by atomic mass is 14.7. The van der Waals surface area contributed by atoms with Gasteiger partial charge in [-0.05, 0) is 82.5 Å². The summed E-state index contributed by atoms with van der Waals surface area (Å²) in [6, 6.07) is 0.